The number of hydrogen-bond donors (Lipinski definition) is 1. The van der Waals surface area contributed by atoms with E-state index in [2.05, 4.69) is 23.5 Å². The molecule has 1 aliphatic heterocycles. The summed E-state index contributed by atoms with van der Waals surface area (Å²) in [5.74, 6) is 1.58. The highest BCUT2D eigenvalue weighted by Gasteiger charge is 2.38. The van der Waals surface area contributed by atoms with Crippen molar-refractivity contribution < 1.29 is 9.66 Å². The first-order chi connectivity index (χ1) is 11.7. The fraction of sp³-hybridized carbons (Fsp3) is 0.263. The number of para-hydroxylation sites is 1. The van der Waals surface area contributed by atoms with Gasteiger partial charge in [0.25, 0.3) is 5.69 Å². The molecule has 0 bridgehead atoms. The number of nitrogens with one attached hydrogen (secondary N) is 1. The standard InChI is InChI=1S/C19H18N2O3/c1-24-17-7-3-6-16-14-4-2-5-15(14)18(20-19(16)17)12-8-10-13(11-9-12)21(22)23/h2-4,6-11,14-15,18,20H,5H2,1H3. The molecule has 0 aromatic heterocycles. The van der Waals surface area contributed by atoms with Gasteiger partial charge in [-0.15, -0.1) is 0 Å². The van der Waals surface area contributed by atoms with Crippen LogP contribution in [0.3, 0.4) is 0 Å². The number of allylic oxidation sites excluding steroid dienone is 2. The number of nitrogens with zero attached hydrogens (tertiary/aromatic N) is 1. The smallest absolute Gasteiger partial charge is 0.269 e. The molecule has 0 radical (unpaired) electrons. The van der Waals surface area contributed by atoms with Gasteiger partial charge in [0.1, 0.15) is 5.75 Å². The number of non-ortho nitro benzene ring substituents is 1. The molecule has 1 aliphatic carbocycles. The second-order valence-electron chi connectivity index (χ2n) is 6.25. The Kier molecular flexibility index (Phi) is 3.49. The van der Waals surface area contributed by atoms with Crippen molar-refractivity contribution in [1.82, 2.24) is 0 Å². The van der Waals surface area contributed by atoms with Crippen LogP contribution in [0.1, 0.15) is 29.5 Å². The lowest BCUT2D eigenvalue weighted by Crippen LogP contribution is -2.29. The zero-order valence-electron chi connectivity index (χ0n) is 13.3. The molecule has 5 nitrogen and oxygen atoms in total. The van der Waals surface area contributed by atoms with Crippen LogP contribution in [-0.4, -0.2) is 12.0 Å². The third-order valence-corrected chi connectivity index (χ3v) is 5.04. The van der Waals surface area contributed by atoms with Crippen molar-refractivity contribution in [3.63, 3.8) is 0 Å². The molecule has 0 saturated carbocycles. The van der Waals surface area contributed by atoms with Crippen molar-refractivity contribution in [1.29, 1.82) is 0 Å². The van der Waals surface area contributed by atoms with E-state index in [0.29, 0.717) is 11.8 Å². The second-order valence-corrected chi connectivity index (χ2v) is 6.25. The van der Waals surface area contributed by atoms with Gasteiger partial charge >= 0.3 is 0 Å². The molecule has 0 saturated heterocycles. The molecule has 0 spiro atoms. The number of anilines is 1. The summed E-state index contributed by atoms with van der Waals surface area (Å²) in [5, 5.41) is 14.5. The Balaban J connectivity index is 1.76. The molecule has 1 N–H and O–H groups in total. The van der Waals surface area contributed by atoms with E-state index in [0.717, 1.165) is 23.4 Å². The predicted octanol–water partition coefficient (Wildman–Crippen LogP) is 4.43. The van der Waals surface area contributed by atoms with Crippen LogP contribution in [-0.2, 0) is 0 Å². The average Bonchev–Trinajstić information content (AvgIpc) is 3.10. The van der Waals surface area contributed by atoms with Crippen molar-refractivity contribution in [2.45, 2.75) is 18.4 Å². The Hall–Kier alpha value is -2.82. The Morgan fingerprint density at radius 3 is 2.71 bits per heavy atom. The maximum Gasteiger partial charge on any atom is 0.269 e. The summed E-state index contributed by atoms with van der Waals surface area (Å²) in [6.45, 7) is 0. The molecule has 122 valence electrons. The van der Waals surface area contributed by atoms with Crippen LogP contribution in [0, 0.1) is 16.0 Å². The van der Waals surface area contributed by atoms with Crippen LogP contribution in [0.25, 0.3) is 0 Å². The molecule has 0 amide bonds. The van der Waals surface area contributed by atoms with Crippen LogP contribution < -0.4 is 10.1 Å². The SMILES string of the molecule is COc1cccc2c1NC(c1ccc([N+](=O)[O-])cc1)C1CC=CC21. The number of nitro benzene ring substituents is 1. The highest BCUT2D eigenvalue weighted by atomic mass is 16.6. The molecule has 0 fully saturated rings. The van der Waals surface area contributed by atoms with Crippen molar-refractivity contribution in [3.8, 4) is 5.75 Å². The molecule has 5 heteroatoms. The van der Waals surface area contributed by atoms with Crippen molar-refractivity contribution >= 4 is 11.4 Å². The van der Waals surface area contributed by atoms with Gasteiger partial charge in [-0.25, -0.2) is 0 Å². The van der Waals surface area contributed by atoms with Gasteiger partial charge < -0.3 is 10.1 Å². The van der Waals surface area contributed by atoms with Gasteiger partial charge in [0.05, 0.1) is 23.8 Å². The Morgan fingerprint density at radius 2 is 2.00 bits per heavy atom. The van der Waals surface area contributed by atoms with E-state index in [1.165, 1.54) is 5.56 Å². The van der Waals surface area contributed by atoms with Gasteiger partial charge in [-0.1, -0.05) is 36.4 Å². The van der Waals surface area contributed by atoms with Crippen molar-refractivity contribution in [3.05, 3.63) is 75.9 Å². The van der Waals surface area contributed by atoms with Gasteiger partial charge in [0, 0.05) is 18.1 Å². The lowest BCUT2D eigenvalue weighted by Gasteiger charge is -2.38. The average molecular weight is 322 g/mol. The number of methoxy groups -OCH3 is 1. The number of fused-ring (bicyclic) bond motifs is 3. The summed E-state index contributed by atoms with van der Waals surface area (Å²) in [4.78, 5) is 10.5. The zero-order valence-corrected chi connectivity index (χ0v) is 13.3. The fourth-order valence-corrected chi connectivity index (χ4v) is 3.90. The number of rotatable bonds is 3. The zero-order chi connectivity index (χ0) is 16.7. The molecular weight excluding hydrogens is 304 g/mol. The van der Waals surface area contributed by atoms with Gasteiger partial charge in [0.2, 0.25) is 0 Å². The molecule has 1 heterocycles. The monoisotopic (exact) mass is 322 g/mol. The Labute approximate surface area is 140 Å². The summed E-state index contributed by atoms with van der Waals surface area (Å²) >= 11 is 0. The summed E-state index contributed by atoms with van der Waals surface area (Å²) < 4.78 is 5.52. The minimum absolute atomic E-state index is 0.106. The summed E-state index contributed by atoms with van der Waals surface area (Å²) in [6.07, 6.45) is 5.49. The van der Waals surface area contributed by atoms with Crippen LogP contribution in [0.15, 0.2) is 54.6 Å². The third kappa shape index (κ3) is 2.24. The van der Waals surface area contributed by atoms with Crippen LogP contribution in [0.2, 0.25) is 0 Å². The van der Waals surface area contributed by atoms with E-state index >= 15 is 0 Å². The maximum absolute atomic E-state index is 10.9. The molecule has 24 heavy (non-hydrogen) atoms. The van der Waals surface area contributed by atoms with E-state index in [1.807, 2.05) is 24.3 Å². The molecular formula is C19H18N2O3. The summed E-state index contributed by atoms with van der Waals surface area (Å²) in [5.41, 5.74) is 3.46. The molecule has 2 aliphatic rings. The van der Waals surface area contributed by atoms with Gasteiger partial charge in [-0.05, 0) is 29.5 Å². The van der Waals surface area contributed by atoms with Crippen LogP contribution in [0.5, 0.6) is 5.75 Å². The lowest BCUT2D eigenvalue weighted by molar-refractivity contribution is -0.384. The highest BCUT2D eigenvalue weighted by Crippen LogP contribution is 2.52. The Bertz CT molecular complexity index is 814. The highest BCUT2D eigenvalue weighted by molar-refractivity contribution is 5.67. The number of nitro groups is 1. The lowest BCUT2D eigenvalue weighted by atomic mass is 9.77. The normalized spacial score (nSPS) is 24.0. The van der Waals surface area contributed by atoms with Crippen LogP contribution in [0.4, 0.5) is 11.4 Å². The number of hydrogen-bond acceptors (Lipinski definition) is 4. The molecule has 3 unspecified atom stereocenters. The largest absolute Gasteiger partial charge is 0.495 e. The quantitative estimate of drug-likeness (QED) is 0.516. The van der Waals surface area contributed by atoms with Gasteiger partial charge in [-0.2, -0.15) is 0 Å². The maximum atomic E-state index is 10.9. The van der Waals surface area contributed by atoms with Gasteiger partial charge in [0.15, 0.2) is 0 Å². The van der Waals surface area contributed by atoms with Crippen molar-refractivity contribution in [2.75, 3.05) is 12.4 Å². The number of ether oxygens (including phenoxy) is 1. The minimum atomic E-state index is -0.365. The van der Waals surface area contributed by atoms with Crippen molar-refractivity contribution in [2.24, 2.45) is 5.92 Å². The fourth-order valence-electron chi connectivity index (χ4n) is 3.90. The topological polar surface area (TPSA) is 64.4 Å². The van der Waals surface area contributed by atoms with E-state index in [4.69, 9.17) is 4.74 Å². The number of benzene rings is 2. The summed E-state index contributed by atoms with van der Waals surface area (Å²) in [6, 6.07) is 13.1. The first kappa shape index (κ1) is 14.8. The molecule has 3 atom stereocenters. The molecule has 4 rings (SSSR count). The van der Waals surface area contributed by atoms with E-state index in [9.17, 15) is 10.1 Å². The predicted molar refractivity (Wildman–Crippen MR) is 92.4 cm³/mol. The third-order valence-electron chi connectivity index (χ3n) is 5.04. The van der Waals surface area contributed by atoms with E-state index in [-0.39, 0.29) is 16.7 Å². The molecule has 2 aromatic rings. The van der Waals surface area contributed by atoms with Gasteiger partial charge in [-0.3, -0.25) is 10.1 Å². The first-order valence-corrected chi connectivity index (χ1v) is 8.03. The Morgan fingerprint density at radius 1 is 1.21 bits per heavy atom. The first-order valence-electron chi connectivity index (χ1n) is 8.03. The minimum Gasteiger partial charge on any atom is -0.495 e. The van der Waals surface area contributed by atoms with E-state index < -0.39 is 0 Å². The summed E-state index contributed by atoms with van der Waals surface area (Å²) in [7, 11) is 1.68. The van der Waals surface area contributed by atoms with Crippen LogP contribution >= 0.6 is 0 Å². The van der Waals surface area contributed by atoms with E-state index in [1.54, 1.807) is 19.2 Å². The second kappa shape index (κ2) is 5.67. The molecule has 2 aromatic carbocycles.